The van der Waals surface area contributed by atoms with Gasteiger partial charge in [0.25, 0.3) is 0 Å². The zero-order valence-corrected chi connectivity index (χ0v) is 9.49. The maximum atomic E-state index is 11.2. The first-order chi connectivity index (χ1) is 7.96. The molecule has 0 bridgehead atoms. The molecule has 0 spiro atoms. The fourth-order valence-electron chi connectivity index (χ4n) is 2.00. The molecule has 0 radical (unpaired) electrons. The maximum Gasteiger partial charge on any atom is 0.315 e. The number of rotatable bonds is 5. The third-order valence-electron chi connectivity index (χ3n) is 3.02. The Bertz CT molecular complexity index is 324. The number of urea groups is 1. The van der Waals surface area contributed by atoms with Crippen molar-refractivity contribution in [3.05, 3.63) is 0 Å². The Kier molecular flexibility index (Phi) is 4.30. The van der Waals surface area contributed by atoms with Gasteiger partial charge >= 0.3 is 12.0 Å². The SMILES string of the molecule is NC(=O)CNC(=O)NCC1(C(=O)O)CCCC1. The summed E-state index contributed by atoms with van der Waals surface area (Å²) in [6.45, 7) is -0.182. The number of carbonyl (C=O) groups excluding carboxylic acids is 2. The lowest BCUT2D eigenvalue weighted by Crippen LogP contribution is -2.46. The van der Waals surface area contributed by atoms with E-state index in [4.69, 9.17) is 10.8 Å². The van der Waals surface area contributed by atoms with E-state index in [9.17, 15) is 14.4 Å². The van der Waals surface area contributed by atoms with Crippen molar-refractivity contribution in [2.75, 3.05) is 13.1 Å². The number of carboxylic acids is 1. The van der Waals surface area contributed by atoms with Crippen molar-refractivity contribution in [2.45, 2.75) is 25.7 Å². The van der Waals surface area contributed by atoms with Gasteiger partial charge in [-0.15, -0.1) is 0 Å². The molecular formula is C10H17N3O4. The highest BCUT2D eigenvalue weighted by molar-refractivity contribution is 5.83. The van der Waals surface area contributed by atoms with Gasteiger partial charge < -0.3 is 21.5 Å². The number of nitrogens with one attached hydrogen (secondary N) is 2. The van der Waals surface area contributed by atoms with Crippen LogP contribution in [0.1, 0.15) is 25.7 Å². The number of carboxylic acid groups (broad SMARTS) is 1. The van der Waals surface area contributed by atoms with E-state index in [0.29, 0.717) is 12.8 Å². The molecule has 7 heteroatoms. The van der Waals surface area contributed by atoms with Crippen LogP contribution in [0.15, 0.2) is 0 Å². The summed E-state index contributed by atoms with van der Waals surface area (Å²) in [5, 5.41) is 13.9. The van der Waals surface area contributed by atoms with E-state index in [1.165, 1.54) is 0 Å². The molecule has 5 N–H and O–H groups in total. The second-order valence-corrected chi connectivity index (χ2v) is 4.30. The first kappa shape index (κ1) is 13.3. The Morgan fingerprint density at radius 3 is 2.24 bits per heavy atom. The van der Waals surface area contributed by atoms with Gasteiger partial charge in [-0.05, 0) is 12.8 Å². The molecule has 96 valence electrons. The molecule has 7 nitrogen and oxygen atoms in total. The predicted octanol–water partition coefficient (Wildman–Crippen LogP) is -0.584. The van der Waals surface area contributed by atoms with Crippen molar-refractivity contribution in [2.24, 2.45) is 11.1 Å². The maximum absolute atomic E-state index is 11.2. The van der Waals surface area contributed by atoms with Crippen LogP contribution in [-0.2, 0) is 9.59 Å². The molecule has 0 atom stereocenters. The lowest BCUT2D eigenvalue weighted by molar-refractivity contribution is -0.148. The van der Waals surface area contributed by atoms with Gasteiger partial charge in [-0.2, -0.15) is 0 Å². The molecule has 1 aliphatic rings. The van der Waals surface area contributed by atoms with Crippen LogP contribution in [0.4, 0.5) is 4.79 Å². The molecule has 0 heterocycles. The number of nitrogens with two attached hydrogens (primary N) is 1. The number of hydrogen-bond acceptors (Lipinski definition) is 3. The van der Waals surface area contributed by atoms with Gasteiger partial charge in [-0.3, -0.25) is 9.59 Å². The Morgan fingerprint density at radius 1 is 1.18 bits per heavy atom. The summed E-state index contributed by atoms with van der Waals surface area (Å²) in [6, 6.07) is -0.573. The monoisotopic (exact) mass is 243 g/mol. The first-order valence-corrected chi connectivity index (χ1v) is 5.50. The topological polar surface area (TPSA) is 122 Å². The van der Waals surface area contributed by atoms with Crippen LogP contribution in [0.3, 0.4) is 0 Å². The minimum atomic E-state index is -0.884. The Balaban J connectivity index is 2.40. The molecule has 17 heavy (non-hydrogen) atoms. The van der Waals surface area contributed by atoms with Gasteiger partial charge in [-0.25, -0.2) is 4.79 Å². The number of carbonyl (C=O) groups is 3. The van der Waals surface area contributed by atoms with E-state index < -0.39 is 23.3 Å². The van der Waals surface area contributed by atoms with E-state index in [0.717, 1.165) is 12.8 Å². The fourth-order valence-corrected chi connectivity index (χ4v) is 2.00. The number of primary amides is 1. The zero-order valence-electron chi connectivity index (χ0n) is 9.49. The average Bonchev–Trinajstić information content (AvgIpc) is 2.73. The molecule has 3 amide bonds. The van der Waals surface area contributed by atoms with Gasteiger partial charge in [0.15, 0.2) is 0 Å². The summed E-state index contributed by atoms with van der Waals surface area (Å²) >= 11 is 0. The van der Waals surface area contributed by atoms with Crippen molar-refractivity contribution in [1.29, 1.82) is 0 Å². The molecule has 1 saturated carbocycles. The van der Waals surface area contributed by atoms with Crippen LogP contribution in [0.5, 0.6) is 0 Å². The standard InChI is InChI=1S/C10H17N3O4/c11-7(14)5-12-9(17)13-6-10(8(15)16)3-1-2-4-10/h1-6H2,(H2,11,14)(H,15,16)(H2,12,13,17). The van der Waals surface area contributed by atoms with Gasteiger partial charge in [0.1, 0.15) is 0 Å². The molecule has 0 aromatic carbocycles. The second-order valence-electron chi connectivity index (χ2n) is 4.30. The van der Waals surface area contributed by atoms with E-state index >= 15 is 0 Å². The second kappa shape index (κ2) is 5.51. The van der Waals surface area contributed by atoms with Crippen molar-refractivity contribution >= 4 is 17.9 Å². The van der Waals surface area contributed by atoms with E-state index in [2.05, 4.69) is 10.6 Å². The van der Waals surface area contributed by atoms with Crippen LogP contribution in [-0.4, -0.2) is 36.1 Å². The van der Waals surface area contributed by atoms with Crippen molar-refractivity contribution in [1.82, 2.24) is 10.6 Å². The molecule has 0 aliphatic heterocycles. The van der Waals surface area contributed by atoms with Gasteiger partial charge in [0.05, 0.1) is 12.0 Å². The lowest BCUT2D eigenvalue weighted by Gasteiger charge is -2.23. The van der Waals surface area contributed by atoms with Gasteiger partial charge in [0, 0.05) is 6.54 Å². The summed E-state index contributed by atoms with van der Waals surface area (Å²) in [6.07, 6.45) is 2.85. The minimum absolute atomic E-state index is 0.0763. The molecule has 0 saturated heterocycles. The number of hydrogen-bond donors (Lipinski definition) is 4. The third kappa shape index (κ3) is 3.61. The van der Waals surface area contributed by atoms with Crippen LogP contribution < -0.4 is 16.4 Å². The van der Waals surface area contributed by atoms with Gasteiger partial charge in [-0.1, -0.05) is 12.8 Å². The highest BCUT2D eigenvalue weighted by atomic mass is 16.4. The van der Waals surface area contributed by atoms with Crippen LogP contribution in [0, 0.1) is 5.41 Å². The summed E-state index contributed by atoms with van der Waals surface area (Å²) < 4.78 is 0. The molecule has 0 unspecified atom stereocenters. The first-order valence-electron chi connectivity index (χ1n) is 5.50. The van der Waals surface area contributed by atoms with Crippen LogP contribution in [0.25, 0.3) is 0 Å². The normalized spacial score (nSPS) is 17.4. The predicted molar refractivity (Wildman–Crippen MR) is 59.1 cm³/mol. The molecule has 0 aromatic heterocycles. The highest BCUT2D eigenvalue weighted by Gasteiger charge is 2.41. The zero-order chi connectivity index (χ0) is 12.9. The molecular weight excluding hydrogens is 226 g/mol. The van der Waals surface area contributed by atoms with Crippen molar-refractivity contribution < 1.29 is 19.5 Å². The van der Waals surface area contributed by atoms with Gasteiger partial charge in [0.2, 0.25) is 5.91 Å². The number of amides is 3. The average molecular weight is 243 g/mol. The summed E-state index contributed by atoms with van der Waals surface area (Å²) in [5.41, 5.74) is 4.00. The van der Waals surface area contributed by atoms with Crippen LogP contribution in [0.2, 0.25) is 0 Å². The molecule has 1 fully saturated rings. The summed E-state index contributed by atoms with van der Waals surface area (Å²) in [5.74, 6) is -1.53. The minimum Gasteiger partial charge on any atom is -0.481 e. The van der Waals surface area contributed by atoms with Crippen LogP contribution >= 0.6 is 0 Å². The van der Waals surface area contributed by atoms with Crippen molar-refractivity contribution in [3.63, 3.8) is 0 Å². The van der Waals surface area contributed by atoms with E-state index in [-0.39, 0.29) is 13.1 Å². The summed E-state index contributed by atoms with van der Waals surface area (Å²) in [7, 11) is 0. The number of aliphatic carboxylic acids is 1. The summed E-state index contributed by atoms with van der Waals surface area (Å²) in [4.78, 5) is 32.8. The van der Waals surface area contributed by atoms with Crippen molar-refractivity contribution in [3.8, 4) is 0 Å². The largest absolute Gasteiger partial charge is 0.481 e. The smallest absolute Gasteiger partial charge is 0.315 e. The van der Waals surface area contributed by atoms with E-state index in [1.807, 2.05) is 0 Å². The lowest BCUT2D eigenvalue weighted by atomic mass is 9.86. The Labute approximate surface area is 98.7 Å². The molecule has 1 rings (SSSR count). The Morgan fingerprint density at radius 2 is 1.76 bits per heavy atom. The highest BCUT2D eigenvalue weighted by Crippen LogP contribution is 2.37. The fraction of sp³-hybridized carbons (Fsp3) is 0.700. The molecule has 1 aliphatic carbocycles. The Hall–Kier alpha value is -1.79. The van der Waals surface area contributed by atoms with E-state index in [1.54, 1.807) is 0 Å². The third-order valence-corrected chi connectivity index (χ3v) is 3.02. The quantitative estimate of drug-likeness (QED) is 0.515. The molecule has 0 aromatic rings.